The fraction of sp³-hybridized carbons (Fsp3) is 0.818. The lowest BCUT2D eigenvalue weighted by Crippen LogP contribution is -2.48. The van der Waals surface area contributed by atoms with Gasteiger partial charge in [-0.2, -0.15) is 0 Å². The molecule has 1 atom stereocenters. The van der Waals surface area contributed by atoms with E-state index in [2.05, 4.69) is 22.5 Å². The first kappa shape index (κ1) is 11.2. The fourth-order valence-corrected chi connectivity index (χ4v) is 2.82. The van der Waals surface area contributed by atoms with E-state index in [0.717, 1.165) is 19.0 Å². The Bertz CT molecular complexity index is 224. The lowest BCUT2D eigenvalue weighted by molar-refractivity contribution is 0.157. The average molecular weight is 230 g/mol. The predicted octanol–water partition coefficient (Wildman–Crippen LogP) is 1.45. The molecule has 0 aromatic heterocycles. The molecule has 1 fully saturated rings. The van der Waals surface area contributed by atoms with Crippen LogP contribution in [0.15, 0.2) is 12.3 Å². The Morgan fingerprint density at radius 2 is 2.07 bits per heavy atom. The first-order chi connectivity index (χ1) is 7.31. The summed E-state index contributed by atoms with van der Waals surface area (Å²) in [6.45, 7) is 1.72. The molecule has 0 saturated heterocycles. The van der Waals surface area contributed by atoms with Crippen molar-refractivity contribution >= 4 is 11.6 Å². The number of nitrogens with one attached hydrogen (secondary N) is 1. The first-order valence-corrected chi connectivity index (χ1v) is 6.26. The second-order valence-electron chi connectivity index (χ2n) is 4.49. The van der Waals surface area contributed by atoms with Crippen LogP contribution >= 0.6 is 11.6 Å². The van der Waals surface area contributed by atoms with E-state index >= 15 is 0 Å². The first-order valence-electron chi connectivity index (χ1n) is 5.83. The van der Waals surface area contributed by atoms with Gasteiger partial charge in [0.2, 0.25) is 0 Å². The summed E-state index contributed by atoms with van der Waals surface area (Å²) in [5.41, 5.74) is 5.66. The third-order valence-corrected chi connectivity index (χ3v) is 3.89. The second-order valence-corrected chi connectivity index (χ2v) is 4.90. The molecule has 0 bridgehead atoms. The van der Waals surface area contributed by atoms with Gasteiger partial charge in [-0.1, -0.05) is 17.7 Å². The number of hydrogen-bond donors (Lipinski definition) is 2. The molecule has 15 heavy (non-hydrogen) atoms. The predicted molar refractivity (Wildman–Crippen MR) is 63.4 cm³/mol. The quantitative estimate of drug-likeness (QED) is 0.556. The van der Waals surface area contributed by atoms with E-state index in [4.69, 9.17) is 17.3 Å². The van der Waals surface area contributed by atoms with Gasteiger partial charge in [0.05, 0.1) is 0 Å². The number of hydrogen-bond acceptors (Lipinski definition) is 3. The summed E-state index contributed by atoms with van der Waals surface area (Å²) in [6, 6.07) is 0.597. The molecule has 86 valence electrons. The van der Waals surface area contributed by atoms with Gasteiger partial charge in [-0.15, -0.1) is 0 Å². The van der Waals surface area contributed by atoms with E-state index in [1.54, 1.807) is 0 Å². The molecular formula is C11H20ClN3. The molecule has 4 heteroatoms. The third kappa shape index (κ3) is 2.65. The van der Waals surface area contributed by atoms with Crippen molar-refractivity contribution in [2.45, 2.75) is 37.4 Å². The topological polar surface area (TPSA) is 41.3 Å². The molecule has 0 aromatic carbocycles. The van der Waals surface area contributed by atoms with Gasteiger partial charge in [0, 0.05) is 12.6 Å². The summed E-state index contributed by atoms with van der Waals surface area (Å²) < 4.78 is 0. The zero-order chi connectivity index (χ0) is 10.7. The molecule has 1 aliphatic carbocycles. The molecule has 0 radical (unpaired) electrons. The van der Waals surface area contributed by atoms with Crippen LogP contribution in [0.25, 0.3) is 0 Å². The minimum absolute atomic E-state index is 0.0329. The van der Waals surface area contributed by atoms with E-state index in [-0.39, 0.29) is 5.62 Å². The third-order valence-electron chi connectivity index (χ3n) is 3.51. The summed E-state index contributed by atoms with van der Waals surface area (Å²) in [5, 5.41) is 3.23. The molecule has 3 nitrogen and oxygen atoms in total. The van der Waals surface area contributed by atoms with E-state index in [1.165, 1.54) is 25.7 Å². The van der Waals surface area contributed by atoms with Crippen LogP contribution in [-0.4, -0.2) is 29.7 Å². The van der Waals surface area contributed by atoms with E-state index in [9.17, 15) is 0 Å². The van der Waals surface area contributed by atoms with Gasteiger partial charge in [0.15, 0.2) is 5.62 Å². The lowest BCUT2D eigenvalue weighted by atomic mass is 9.85. The monoisotopic (exact) mass is 229 g/mol. The van der Waals surface area contributed by atoms with Crippen LogP contribution in [0, 0.1) is 5.92 Å². The molecule has 2 rings (SSSR count). The van der Waals surface area contributed by atoms with Gasteiger partial charge < -0.3 is 10.6 Å². The Balaban J connectivity index is 1.89. The number of halogens is 1. The maximum atomic E-state index is 6.23. The van der Waals surface area contributed by atoms with Crippen molar-refractivity contribution in [3.05, 3.63) is 12.3 Å². The van der Waals surface area contributed by atoms with Crippen LogP contribution in [0.2, 0.25) is 0 Å². The van der Waals surface area contributed by atoms with Crippen molar-refractivity contribution in [1.29, 1.82) is 0 Å². The van der Waals surface area contributed by atoms with Gasteiger partial charge >= 0.3 is 0 Å². The van der Waals surface area contributed by atoms with Crippen LogP contribution in [-0.2, 0) is 0 Å². The fourth-order valence-electron chi connectivity index (χ4n) is 2.51. The van der Waals surface area contributed by atoms with Gasteiger partial charge in [0.1, 0.15) is 0 Å². The molecule has 0 spiro atoms. The Labute approximate surface area is 96.6 Å². The highest BCUT2D eigenvalue weighted by Crippen LogP contribution is 2.29. The summed E-state index contributed by atoms with van der Waals surface area (Å²) >= 11 is 6.23. The normalized spacial score (nSPS) is 36.9. The summed E-state index contributed by atoms with van der Waals surface area (Å²) in [5.74, 6) is 0.733. The van der Waals surface area contributed by atoms with E-state index in [0.29, 0.717) is 6.04 Å². The number of nitrogens with two attached hydrogens (primary N) is 1. The smallest absolute Gasteiger partial charge is 0.157 e. The zero-order valence-electron chi connectivity index (χ0n) is 9.03. The molecule has 0 aromatic rings. The Morgan fingerprint density at radius 3 is 2.67 bits per heavy atom. The summed E-state index contributed by atoms with van der Waals surface area (Å²) in [4.78, 5) is 2.25. The molecule has 1 unspecified atom stereocenters. The Kier molecular flexibility index (Phi) is 3.89. The van der Waals surface area contributed by atoms with Crippen molar-refractivity contribution in [3.8, 4) is 0 Å². The molecule has 1 aliphatic heterocycles. The van der Waals surface area contributed by atoms with Crippen molar-refractivity contribution in [3.63, 3.8) is 0 Å². The van der Waals surface area contributed by atoms with E-state index < -0.39 is 0 Å². The van der Waals surface area contributed by atoms with Crippen LogP contribution in [0.3, 0.4) is 0 Å². The van der Waals surface area contributed by atoms with Gasteiger partial charge in [-0.05, 0) is 44.3 Å². The van der Waals surface area contributed by atoms with Crippen LogP contribution in [0.1, 0.15) is 25.7 Å². The van der Waals surface area contributed by atoms with E-state index in [1.807, 2.05) is 0 Å². The largest absolute Gasteiger partial charge is 0.347 e. The highest BCUT2D eigenvalue weighted by molar-refractivity contribution is 6.20. The molecular weight excluding hydrogens is 210 g/mol. The van der Waals surface area contributed by atoms with Gasteiger partial charge in [-0.25, -0.2) is 0 Å². The van der Waals surface area contributed by atoms with Gasteiger partial charge in [0.25, 0.3) is 0 Å². The van der Waals surface area contributed by atoms with Crippen LogP contribution < -0.4 is 11.1 Å². The standard InChI is InChI=1S/C11H20ClN3/c12-11-14-6-1-7-15(11)10-4-2-9(8-13)3-5-10/h1,7,9-11,14H,2-6,8,13H2. The maximum absolute atomic E-state index is 6.23. The number of nitrogens with zero attached hydrogens (tertiary/aromatic N) is 1. The molecule has 1 heterocycles. The maximum Gasteiger partial charge on any atom is 0.157 e. The molecule has 2 aliphatic rings. The summed E-state index contributed by atoms with van der Waals surface area (Å²) in [6.07, 6.45) is 9.20. The van der Waals surface area contributed by atoms with Crippen LogP contribution in [0.4, 0.5) is 0 Å². The highest BCUT2D eigenvalue weighted by atomic mass is 35.5. The highest BCUT2D eigenvalue weighted by Gasteiger charge is 2.27. The molecule has 0 amide bonds. The average Bonchev–Trinajstić information content (AvgIpc) is 2.30. The van der Waals surface area contributed by atoms with Crippen molar-refractivity contribution in [2.24, 2.45) is 11.7 Å². The Morgan fingerprint density at radius 1 is 1.33 bits per heavy atom. The second kappa shape index (κ2) is 5.19. The minimum Gasteiger partial charge on any atom is -0.347 e. The molecule has 1 saturated carbocycles. The number of alkyl halides is 1. The number of rotatable bonds is 2. The molecule has 3 N–H and O–H groups in total. The van der Waals surface area contributed by atoms with Crippen molar-refractivity contribution in [2.75, 3.05) is 13.1 Å². The lowest BCUT2D eigenvalue weighted by Gasteiger charge is -2.40. The minimum atomic E-state index is -0.0329. The van der Waals surface area contributed by atoms with Crippen LogP contribution in [0.5, 0.6) is 0 Å². The Hall–Kier alpha value is -0.250. The zero-order valence-corrected chi connectivity index (χ0v) is 9.79. The van der Waals surface area contributed by atoms with Crippen molar-refractivity contribution in [1.82, 2.24) is 10.2 Å². The van der Waals surface area contributed by atoms with Crippen molar-refractivity contribution < 1.29 is 0 Å². The summed E-state index contributed by atoms with van der Waals surface area (Å²) in [7, 11) is 0. The van der Waals surface area contributed by atoms with Gasteiger partial charge in [-0.3, -0.25) is 5.32 Å². The SMILES string of the molecule is NCC1CCC(N2C=CCNC2Cl)CC1.